The number of aryl methyl sites for hydroxylation is 1. The number of para-hydroxylation sites is 2. The van der Waals surface area contributed by atoms with Crippen LogP contribution in [0.2, 0.25) is 0 Å². The van der Waals surface area contributed by atoms with E-state index in [0.29, 0.717) is 6.79 Å². The van der Waals surface area contributed by atoms with E-state index < -0.39 is 0 Å². The Balaban J connectivity index is 1.46. The fraction of sp³-hybridized carbons (Fsp3) is 0.375. The van der Waals surface area contributed by atoms with Crippen molar-refractivity contribution in [1.82, 2.24) is 15.1 Å². The smallest absolute Gasteiger partial charge is 0.231 e. The molecule has 2 aromatic carbocycles. The summed E-state index contributed by atoms with van der Waals surface area (Å²) in [6.45, 7) is 7.87. The standard InChI is InChI=1S/C24H27N3O2/c1-16-7-4-5-9-20(16)27-21-12-24(2,3)11-19(18(21)14-26-27)25-13-17-8-6-10-22-23(17)29-15-28-22/h4-10,14,19,25H,11-13,15H2,1-3H3/t19-/m0/s1. The van der Waals surface area contributed by atoms with Gasteiger partial charge in [-0.2, -0.15) is 5.10 Å². The molecule has 0 spiro atoms. The number of ether oxygens (including phenoxy) is 2. The maximum absolute atomic E-state index is 5.68. The summed E-state index contributed by atoms with van der Waals surface area (Å²) in [6, 6.07) is 14.8. The van der Waals surface area contributed by atoms with Gasteiger partial charge >= 0.3 is 0 Å². The average molecular weight is 389 g/mol. The molecule has 1 atom stereocenters. The summed E-state index contributed by atoms with van der Waals surface area (Å²) in [4.78, 5) is 0. The molecule has 0 saturated carbocycles. The van der Waals surface area contributed by atoms with Crippen LogP contribution in [-0.4, -0.2) is 16.6 Å². The van der Waals surface area contributed by atoms with Gasteiger partial charge in [-0.3, -0.25) is 0 Å². The first kappa shape index (κ1) is 18.3. The molecule has 5 rings (SSSR count). The van der Waals surface area contributed by atoms with Crippen molar-refractivity contribution in [3.8, 4) is 17.2 Å². The maximum Gasteiger partial charge on any atom is 0.231 e. The second-order valence-electron chi connectivity index (χ2n) is 8.87. The summed E-state index contributed by atoms with van der Waals surface area (Å²) in [7, 11) is 0. The first-order chi connectivity index (χ1) is 14.0. The zero-order valence-corrected chi connectivity index (χ0v) is 17.2. The number of rotatable bonds is 4. The molecule has 1 aromatic heterocycles. The molecule has 29 heavy (non-hydrogen) atoms. The summed E-state index contributed by atoms with van der Waals surface area (Å²) in [5, 5.41) is 8.56. The van der Waals surface area contributed by atoms with E-state index in [1.807, 2.05) is 18.3 Å². The van der Waals surface area contributed by atoms with E-state index in [1.54, 1.807) is 0 Å². The lowest BCUT2D eigenvalue weighted by Gasteiger charge is -2.36. The van der Waals surface area contributed by atoms with Gasteiger partial charge in [0.1, 0.15) is 0 Å². The summed E-state index contributed by atoms with van der Waals surface area (Å²) >= 11 is 0. The van der Waals surface area contributed by atoms with Gasteiger partial charge in [0.25, 0.3) is 0 Å². The fourth-order valence-electron chi connectivity index (χ4n) is 4.60. The van der Waals surface area contributed by atoms with Crippen molar-refractivity contribution in [3.05, 3.63) is 71.0 Å². The summed E-state index contributed by atoms with van der Waals surface area (Å²) in [5.41, 5.74) is 6.35. The summed E-state index contributed by atoms with van der Waals surface area (Å²) in [5.74, 6) is 1.70. The molecular formula is C24H27N3O2. The Labute approximate surface area is 171 Å². The van der Waals surface area contributed by atoms with Gasteiger partial charge < -0.3 is 14.8 Å². The minimum absolute atomic E-state index is 0.198. The Morgan fingerprint density at radius 2 is 2.00 bits per heavy atom. The lowest BCUT2D eigenvalue weighted by molar-refractivity contribution is 0.173. The first-order valence-electron chi connectivity index (χ1n) is 10.3. The van der Waals surface area contributed by atoms with Crippen molar-refractivity contribution in [2.45, 2.75) is 46.2 Å². The number of hydrogen-bond donors (Lipinski definition) is 1. The highest BCUT2D eigenvalue weighted by Crippen LogP contribution is 2.42. The van der Waals surface area contributed by atoms with E-state index in [1.165, 1.54) is 16.8 Å². The third-order valence-electron chi connectivity index (χ3n) is 6.04. The molecule has 1 aliphatic carbocycles. The van der Waals surface area contributed by atoms with Crippen LogP contribution in [-0.2, 0) is 13.0 Å². The van der Waals surface area contributed by atoms with Crippen LogP contribution >= 0.6 is 0 Å². The number of benzene rings is 2. The quantitative estimate of drug-likeness (QED) is 0.702. The molecule has 2 aliphatic rings. The van der Waals surface area contributed by atoms with Crippen molar-refractivity contribution in [2.24, 2.45) is 5.41 Å². The topological polar surface area (TPSA) is 48.3 Å². The molecule has 2 heterocycles. The third kappa shape index (κ3) is 3.29. The molecule has 150 valence electrons. The Kier molecular flexibility index (Phi) is 4.36. The zero-order valence-electron chi connectivity index (χ0n) is 17.2. The van der Waals surface area contributed by atoms with Gasteiger partial charge in [0.2, 0.25) is 6.79 Å². The molecule has 1 N–H and O–H groups in total. The van der Waals surface area contributed by atoms with Gasteiger partial charge in [-0.15, -0.1) is 0 Å². The molecule has 5 heteroatoms. The number of aromatic nitrogens is 2. The molecule has 3 aromatic rings. The minimum Gasteiger partial charge on any atom is -0.454 e. The molecular weight excluding hydrogens is 362 g/mol. The van der Waals surface area contributed by atoms with Crippen LogP contribution in [0, 0.1) is 12.3 Å². The van der Waals surface area contributed by atoms with Crippen LogP contribution < -0.4 is 14.8 Å². The molecule has 0 unspecified atom stereocenters. The van der Waals surface area contributed by atoms with Crippen LogP contribution in [0.25, 0.3) is 5.69 Å². The van der Waals surface area contributed by atoms with Crippen molar-refractivity contribution >= 4 is 0 Å². The lowest BCUT2D eigenvalue weighted by Crippen LogP contribution is -2.33. The van der Waals surface area contributed by atoms with E-state index >= 15 is 0 Å². The third-order valence-corrected chi connectivity index (χ3v) is 6.04. The second-order valence-corrected chi connectivity index (χ2v) is 8.87. The SMILES string of the molecule is Cc1ccccc1-n1ncc2c1CC(C)(C)C[C@@H]2NCc1cccc2c1OCO2. The normalized spacial score (nSPS) is 19.2. The molecule has 0 fully saturated rings. The number of nitrogens with zero attached hydrogens (tertiary/aromatic N) is 2. The van der Waals surface area contributed by atoms with Crippen molar-refractivity contribution in [2.75, 3.05) is 6.79 Å². The van der Waals surface area contributed by atoms with Crippen LogP contribution in [0.4, 0.5) is 0 Å². The van der Waals surface area contributed by atoms with Gasteiger partial charge in [-0.1, -0.05) is 44.2 Å². The zero-order chi connectivity index (χ0) is 20.0. The number of fused-ring (bicyclic) bond motifs is 2. The largest absolute Gasteiger partial charge is 0.454 e. The van der Waals surface area contributed by atoms with Crippen LogP contribution in [0.3, 0.4) is 0 Å². The average Bonchev–Trinajstić information content (AvgIpc) is 3.33. The molecule has 0 amide bonds. The van der Waals surface area contributed by atoms with E-state index in [-0.39, 0.29) is 11.5 Å². The monoisotopic (exact) mass is 389 g/mol. The van der Waals surface area contributed by atoms with Crippen molar-refractivity contribution in [1.29, 1.82) is 0 Å². The Morgan fingerprint density at radius 1 is 1.14 bits per heavy atom. The van der Waals surface area contributed by atoms with Gasteiger partial charge in [0.15, 0.2) is 11.5 Å². The molecule has 0 saturated heterocycles. The summed E-state index contributed by atoms with van der Waals surface area (Å²) < 4.78 is 13.3. The lowest BCUT2D eigenvalue weighted by atomic mass is 9.74. The van der Waals surface area contributed by atoms with Crippen molar-refractivity contribution in [3.63, 3.8) is 0 Å². The Bertz CT molecular complexity index is 1050. The number of hydrogen-bond acceptors (Lipinski definition) is 4. The number of nitrogens with one attached hydrogen (secondary N) is 1. The summed E-state index contributed by atoms with van der Waals surface area (Å²) in [6.07, 6.45) is 4.14. The predicted molar refractivity (Wildman–Crippen MR) is 113 cm³/mol. The van der Waals surface area contributed by atoms with E-state index in [4.69, 9.17) is 14.6 Å². The van der Waals surface area contributed by atoms with Gasteiger partial charge in [0.05, 0.1) is 11.9 Å². The van der Waals surface area contributed by atoms with Crippen LogP contribution in [0.5, 0.6) is 11.5 Å². The van der Waals surface area contributed by atoms with Gasteiger partial charge in [-0.05, 0) is 42.9 Å². The second kappa shape index (κ2) is 6.92. The predicted octanol–water partition coefficient (Wildman–Crippen LogP) is 4.71. The fourth-order valence-corrected chi connectivity index (χ4v) is 4.60. The molecule has 5 nitrogen and oxygen atoms in total. The van der Waals surface area contributed by atoms with E-state index in [0.717, 1.165) is 42.1 Å². The van der Waals surface area contributed by atoms with E-state index in [9.17, 15) is 0 Å². The van der Waals surface area contributed by atoms with Crippen molar-refractivity contribution < 1.29 is 9.47 Å². The minimum atomic E-state index is 0.198. The molecule has 0 bridgehead atoms. The first-order valence-corrected chi connectivity index (χ1v) is 10.3. The van der Waals surface area contributed by atoms with Gasteiger partial charge in [0, 0.05) is 29.4 Å². The Hall–Kier alpha value is -2.79. The van der Waals surface area contributed by atoms with Crippen LogP contribution in [0.15, 0.2) is 48.7 Å². The molecule has 0 radical (unpaired) electrons. The van der Waals surface area contributed by atoms with Gasteiger partial charge in [-0.25, -0.2) is 4.68 Å². The highest BCUT2D eigenvalue weighted by Gasteiger charge is 2.35. The highest BCUT2D eigenvalue weighted by molar-refractivity contribution is 5.48. The molecule has 1 aliphatic heterocycles. The maximum atomic E-state index is 5.68. The van der Waals surface area contributed by atoms with E-state index in [2.05, 4.69) is 61.1 Å². The Morgan fingerprint density at radius 3 is 2.86 bits per heavy atom. The van der Waals surface area contributed by atoms with Crippen LogP contribution in [0.1, 0.15) is 48.7 Å². The highest BCUT2D eigenvalue weighted by atomic mass is 16.7.